The molecule has 0 spiro atoms. The maximum absolute atomic E-state index is 14.6. The van der Waals surface area contributed by atoms with Crippen LogP contribution in [0.2, 0.25) is 0 Å². The van der Waals surface area contributed by atoms with Crippen LogP contribution >= 0.6 is 0 Å². The number of rotatable bonds is 6. The normalized spacial score (nSPS) is 14.4. The van der Waals surface area contributed by atoms with Gasteiger partial charge in [-0.2, -0.15) is 5.10 Å². The first-order valence-corrected chi connectivity index (χ1v) is 9.09. The Morgan fingerprint density at radius 3 is 2.50 bits per heavy atom. The van der Waals surface area contributed by atoms with E-state index in [9.17, 15) is 18.3 Å². The van der Waals surface area contributed by atoms with Crippen LogP contribution in [0.25, 0.3) is 11.3 Å². The average Bonchev–Trinajstić information content (AvgIpc) is 3.42. The van der Waals surface area contributed by atoms with Gasteiger partial charge in [0.1, 0.15) is 47.2 Å². The smallest absolute Gasteiger partial charge is 0.143 e. The predicted octanol–water partition coefficient (Wildman–Crippen LogP) is 4.04. The molecule has 9 heteroatoms. The number of nitrogens with zero attached hydrogens (tertiary/aromatic N) is 4. The summed E-state index contributed by atoms with van der Waals surface area (Å²) in [6, 6.07) is 10.1. The summed E-state index contributed by atoms with van der Waals surface area (Å²) in [6.07, 6.45) is 2.63. The molecule has 154 valence electrons. The molecule has 4 rings (SSSR count). The molecule has 0 amide bonds. The monoisotopic (exact) mass is 414 g/mol. The molecule has 2 heterocycles. The molecule has 0 aliphatic rings. The van der Waals surface area contributed by atoms with E-state index in [1.807, 2.05) is 0 Å². The predicted molar refractivity (Wildman–Crippen MR) is 101 cm³/mol. The summed E-state index contributed by atoms with van der Waals surface area (Å²) >= 11 is 0. The van der Waals surface area contributed by atoms with E-state index in [0.29, 0.717) is 11.3 Å². The Balaban J connectivity index is 1.75. The largest absolute Gasteiger partial charge is 0.382 e. The number of hydrogen-bond donors (Lipinski definition) is 1. The minimum atomic E-state index is -1.93. The van der Waals surface area contributed by atoms with Gasteiger partial charge in [0.2, 0.25) is 0 Å². The lowest BCUT2D eigenvalue weighted by Crippen LogP contribution is -2.38. The minimum Gasteiger partial charge on any atom is -0.382 e. The molecule has 2 aromatic carbocycles. The Labute approximate surface area is 169 Å². The molecule has 0 saturated heterocycles. The second-order valence-electron chi connectivity index (χ2n) is 6.98. The van der Waals surface area contributed by atoms with Crippen LogP contribution in [0, 0.1) is 17.5 Å². The highest BCUT2D eigenvalue weighted by Crippen LogP contribution is 2.40. The lowest BCUT2D eigenvalue weighted by molar-refractivity contribution is -0.0183. The van der Waals surface area contributed by atoms with Gasteiger partial charge in [-0.05, 0) is 42.5 Å². The number of halogens is 3. The van der Waals surface area contributed by atoms with Crippen molar-refractivity contribution in [2.24, 2.45) is 0 Å². The van der Waals surface area contributed by atoms with Crippen LogP contribution in [-0.2, 0) is 12.1 Å². The molecule has 0 saturated carbocycles. The highest BCUT2D eigenvalue weighted by atomic mass is 19.1. The number of aromatic nitrogens is 4. The SMILES string of the molecule is C[C@@H](c1cc(-c2ccc(F)cc2)no1)[C@](O)(Cn1cncn1)c1cc(F)ccc1F. The molecular formula is C21H17F3N4O2. The van der Waals surface area contributed by atoms with Crippen molar-refractivity contribution in [2.45, 2.75) is 25.0 Å². The Hall–Kier alpha value is -3.46. The van der Waals surface area contributed by atoms with E-state index in [0.717, 1.165) is 18.2 Å². The van der Waals surface area contributed by atoms with E-state index in [2.05, 4.69) is 15.2 Å². The molecule has 30 heavy (non-hydrogen) atoms. The third kappa shape index (κ3) is 3.71. The lowest BCUT2D eigenvalue weighted by Gasteiger charge is -2.33. The fraction of sp³-hybridized carbons (Fsp3) is 0.190. The van der Waals surface area contributed by atoms with Crippen molar-refractivity contribution in [3.05, 3.63) is 90.0 Å². The zero-order valence-electron chi connectivity index (χ0n) is 15.8. The van der Waals surface area contributed by atoms with Crippen molar-refractivity contribution in [3.8, 4) is 11.3 Å². The summed E-state index contributed by atoms with van der Waals surface area (Å²) in [4.78, 5) is 3.83. The maximum Gasteiger partial charge on any atom is 0.143 e. The summed E-state index contributed by atoms with van der Waals surface area (Å²) in [5.41, 5.74) is -1.15. The van der Waals surface area contributed by atoms with Crippen LogP contribution in [0.15, 0.2) is 65.7 Å². The van der Waals surface area contributed by atoms with Crippen LogP contribution < -0.4 is 0 Å². The zero-order chi connectivity index (χ0) is 21.3. The first-order chi connectivity index (χ1) is 14.4. The molecule has 0 aliphatic carbocycles. The summed E-state index contributed by atoms with van der Waals surface area (Å²) in [7, 11) is 0. The molecule has 4 aromatic rings. The van der Waals surface area contributed by atoms with Crippen LogP contribution in [0.3, 0.4) is 0 Å². The van der Waals surface area contributed by atoms with Crippen LogP contribution in [0.4, 0.5) is 13.2 Å². The topological polar surface area (TPSA) is 77.0 Å². The van der Waals surface area contributed by atoms with Crippen molar-refractivity contribution in [1.82, 2.24) is 19.9 Å². The van der Waals surface area contributed by atoms with E-state index in [1.54, 1.807) is 13.0 Å². The van der Waals surface area contributed by atoms with Crippen LogP contribution in [-0.4, -0.2) is 25.0 Å². The molecule has 2 aromatic heterocycles. The zero-order valence-corrected chi connectivity index (χ0v) is 15.8. The first kappa shape index (κ1) is 19.8. The maximum atomic E-state index is 14.6. The Kier molecular flexibility index (Phi) is 5.13. The molecule has 2 atom stereocenters. The summed E-state index contributed by atoms with van der Waals surface area (Å²) < 4.78 is 48.4. The third-order valence-corrected chi connectivity index (χ3v) is 5.08. The molecule has 6 nitrogen and oxygen atoms in total. The highest BCUT2D eigenvalue weighted by Gasteiger charge is 2.42. The van der Waals surface area contributed by atoms with E-state index >= 15 is 0 Å². The van der Waals surface area contributed by atoms with Gasteiger partial charge in [0.15, 0.2) is 0 Å². The molecule has 0 aliphatic heterocycles. The van der Waals surface area contributed by atoms with E-state index < -0.39 is 23.2 Å². The van der Waals surface area contributed by atoms with Crippen molar-refractivity contribution in [1.29, 1.82) is 0 Å². The molecule has 1 N–H and O–H groups in total. The fourth-order valence-electron chi connectivity index (χ4n) is 3.33. The number of hydrogen-bond acceptors (Lipinski definition) is 5. The van der Waals surface area contributed by atoms with Gasteiger partial charge in [-0.25, -0.2) is 22.8 Å². The summed E-state index contributed by atoms with van der Waals surface area (Å²) in [5.74, 6) is -2.47. The van der Waals surface area contributed by atoms with E-state index in [-0.39, 0.29) is 23.7 Å². The fourth-order valence-corrected chi connectivity index (χ4v) is 3.33. The Morgan fingerprint density at radius 1 is 1.07 bits per heavy atom. The number of benzene rings is 2. The van der Waals surface area contributed by atoms with Gasteiger partial charge < -0.3 is 9.63 Å². The Morgan fingerprint density at radius 2 is 1.80 bits per heavy atom. The summed E-state index contributed by atoms with van der Waals surface area (Å²) in [5, 5.41) is 19.5. The van der Waals surface area contributed by atoms with E-state index in [1.165, 1.54) is 41.6 Å². The molecule has 0 bridgehead atoms. The third-order valence-electron chi connectivity index (χ3n) is 5.08. The van der Waals surface area contributed by atoms with Gasteiger partial charge in [-0.1, -0.05) is 12.1 Å². The van der Waals surface area contributed by atoms with Gasteiger partial charge in [0.05, 0.1) is 12.5 Å². The van der Waals surface area contributed by atoms with Crippen LogP contribution in [0.1, 0.15) is 24.2 Å². The van der Waals surface area contributed by atoms with Crippen LogP contribution in [0.5, 0.6) is 0 Å². The Bertz CT molecular complexity index is 1150. The molecule has 0 radical (unpaired) electrons. The van der Waals surface area contributed by atoms with Crippen molar-refractivity contribution < 1.29 is 22.8 Å². The van der Waals surface area contributed by atoms with Gasteiger partial charge >= 0.3 is 0 Å². The van der Waals surface area contributed by atoms with Gasteiger partial charge in [0, 0.05) is 17.2 Å². The van der Waals surface area contributed by atoms with Crippen molar-refractivity contribution in [3.63, 3.8) is 0 Å². The second-order valence-corrected chi connectivity index (χ2v) is 6.98. The van der Waals surface area contributed by atoms with Crippen molar-refractivity contribution >= 4 is 0 Å². The second kappa shape index (κ2) is 7.75. The molecular weight excluding hydrogens is 397 g/mol. The first-order valence-electron chi connectivity index (χ1n) is 9.09. The summed E-state index contributed by atoms with van der Waals surface area (Å²) in [6.45, 7) is 1.40. The highest BCUT2D eigenvalue weighted by molar-refractivity contribution is 5.58. The number of aliphatic hydroxyl groups is 1. The quantitative estimate of drug-likeness (QED) is 0.515. The minimum absolute atomic E-state index is 0.207. The van der Waals surface area contributed by atoms with E-state index in [4.69, 9.17) is 4.52 Å². The van der Waals surface area contributed by atoms with Gasteiger partial charge in [0.25, 0.3) is 0 Å². The molecule has 0 unspecified atom stereocenters. The van der Waals surface area contributed by atoms with Gasteiger partial charge in [-0.15, -0.1) is 0 Å². The lowest BCUT2D eigenvalue weighted by atomic mass is 9.80. The van der Waals surface area contributed by atoms with Crippen molar-refractivity contribution in [2.75, 3.05) is 0 Å². The molecule has 0 fully saturated rings. The van der Waals surface area contributed by atoms with Gasteiger partial charge in [-0.3, -0.25) is 0 Å². The standard InChI is InChI=1S/C21H17F3N4O2/c1-13(20-9-19(27-30-20)14-2-4-15(22)5-3-14)21(29,10-28-12-25-11-26-28)17-8-16(23)6-7-18(17)24/h2-9,11-13,29H,10H2,1H3/t13-,21+/m0/s1. The average molecular weight is 414 g/mol.